The molecule has 68 valence electrons. The van der Waals surface area contributed by atoms with Gasteiger partial charge in [-0.25, -0.2) is 10.2 Å². The highest BCUT2D eigenvalue weighted by atomic mass is 16.2. The fourth-order valence-electron chi connectivity index (χ4n) is 0.883. The van der Waals surface area contributed by atoms with Gasteiger partial charge in [-0.1, -0.05) is 30.3 Å². The van der Waals surface area contributed by atoms with Gasteiger partial charge in [0.25, 0.3) is 0 Å². The average molecular weight is 177 g/mol. The van der Waals surface area contributed by atoms with Crippen LogP contribution in [0.1, 0.15) is 12.5 Å². The van der Waals surface area contributed by atoms with Crippen molar-refractivity contribution in [2.75, 3.05) is 0 Å². The predicted octanol–water partition coefficient (Wildman–Crippen LogP) is 1.08. The number of rotatable bonds is 2. The van der Waals surface area contributed by atoms with Crippen LogP contribution >= 0.6 is 0 Å². The Balaban J connectivity index is 2.73. The molecule has 2 amide bonds. The molecule has 0 aliphatic heterocycles. The van der Waals surface area contributed by atoms with Gasteiger partial charge in [-0.05, 0) is 12.5 Å². The SMILES string of the molecule is C/C(=N\NC(N)=O)c1ccccc1. The van der Waals surface area contributed by atoms with Crippen LogP contribution in [0.2, 0.25) is 0 Å². The lowest BCUT2D eigenvalue weighted by molar-refractivity contribution is 0.249. The molecule has 0 aromatic heterocycles. The molecule has 0 atom stereocenters. The number of amides is 2. The molecule has 3 N–H and O–H groups in total. The van der Waals surface area contributed by atoms with Crippen LogP contribution in [0.3, 0.4) is 0 Å². The number of nitrogens with two attached hydrogens (primary N) is 1. The topological polar surface area (TPSA) is 67.5 Å². The lowest BCUT2D eigenvalue weighted by Gasteiger charge is -1.99. The second kappa shape index (κ2) is 4.25. The molecule has 13 heavy (non-hydrogen) atoms. The number of hydrogen-bond acceptors (Lipinski definition) is 2. The fraction of sp³-hybridized carbons (Fsp3) is 0.111. The zero-order valence-corrected chi connectivity index (χ0v) is 7.32. The highest BCUT2D eigenvalue weighted by molar-refractivity contribution is 5.99. The summed E-state index contributed by atoms with van der Waals surface area (Å²) < 4.78 is 0. The minimum absolute atomic E-state index is 0.657. The number of carbonyl (C=O) groups excluding carboxylic acids is 1. The minimum atomic E-state index is -0.657. The zero-order valence-electron chi connectivity index (χ0n) is 7.32. The van der Waals surface area contributed by atoms with E-state index in [4.69, 9.17) is 5.73 Å². The number of nitrogens with one attached hydrogen (secondary N) is 1. The number of hydrazone groups is 1. The summed E-state index contributed by atoms with van der Waals surface area (Å²) in [4.78, 5) is 10.3. The van der Waals surface area contributed by atoms with E-state index in [1.165, 1.54) is 0 Å². The molecule has 4 nitrogen and oxygen atoms in total. The van der Waals surface area contributed by atoms with E-state index in [2.05, 4.69) is 10.5 Å². The molecule has 0 bridgehead atoms. The molecule has 0 spiro atoms. The van der Waals surface area contributed by atoms with Crippen LogP contribution in [0.4, 0.5) is 4.79 Å². The maximum Gasteiger partial charge on any atom is 0.332 e. The van der Waals surface area contributed by atoms with Gasteiger partial charge in [-0.15, -0.1) is 0 Å². The van der Waals surface area contributed by atoms with Crippen molar-refractivity contribution in [3.8, 4) is 0 Å². The van der Waals surface area contributed by atoms with E-state index in [9.17, 15) is 4.79 Å². The molecule has 0 saturated carbocycles. The highest BCUT2D eigenvalue weighted by Crippen LogP contribution is 1.99. The van der Waals surface area contributed by atoms with E-state index in [1.807, 2.05) is 30.3 Å². The number of nitrogens with zero attached hydrogens (tertiary/aromatic N) is 1. The van der Waals surface area contributed by atoms with Gasteiger partial charge in [0.2, 0.25) is 0 Å². The van der Waals surface area contributed by atoms with Gasteiger partial charge in [-0.2, -0.15) is 5.10 Å². The first kappa shape index (κ1) is 9.25. The molecule has 0 aliphatic carbocycles. The first-order valence-electron chi connectivity index (χ1n) is 3.85. The van der Waals surface area contributed by atoms with Crippen molar-refractivity contribution in [2.24, 2.45) is 10.8 Å². The summed E-state index contributed by atoms with van der Waals surface area (Å²) in [5, 5.41) is 3.79. The van der Waals surface area contributed by atoms with Gasteiger partial charge < -0.3 is 5.73 Å². The van der Waals surface area contributed by atoms with Crippen molar-refractivity contribution in [1.29, 1.82) is 0 Å². The quantitative estimate of drug-likeness (QED) is 0.515. The Labute approximate surface area is 76.4 Å². The van der Waals surface area contributed by atoms with Crippen molar-refractivity contribution in [3.05, 3.63) is 35.9 Å². The molecule has 0 radical (unpaired) electrons. The second-order valence-electron chi connectivity index (χ2n) is 2.54. The Bertz CT molecular complexity index is 319. The van der Waals surface area contributed by atoms with Crippen LogP contribution in [0.25, 0.3) is 0 Å². The van der Waals surface area contributed by atoms with Crippen molar-refractivity contribution in [3.63, 3.8) is 0 Å². The van der Waals surface area contributed by atoms with Crippen LogP contribution in [0.15, 0.2) is 35.4 Å². The van der Waals surface area contributed by atoms with Gasteiger partial charge in [0, 0.05) is 0 Å². The van der Waals surface area contributed by atoms with Crippen LogP contribution in [-0.4, -0.2) is 11.7 Å². The first-order chi connectivity index (χ1) is 6.20. The standard InChI is InChI=1S/C9H11N3O/c1-7(11-12-9(10)13)8-5-3-2-4-6-8/h2-6H,1H3,(H3,10,12,13)/b11-7+. The van der Waals surface area contributed by atoms with Crippen LogP contribution < -0.4 is 11.2 Å². The summed E-state index contributed by atoms with van der Waals surface area (Å²) in [5.74, 6) is 0. The zero-order chi connectivity index (χ0) is 9.68. The molecule has 0 heterocycles. The van der Waals surface area contributed by atoms with Crippen LogP contribution in [0.5, 0.6) is 0 Å². The molecule has 1 rings (SSSR count). The second-order valence-corrected chi connectivity index (χ2v) is 2.54. The Morgan fingerprint density at radius 3 is 2.54 bits per heavy atom. The summed E-state index contributed by atoms with van der Waals surface area (Å²) in [6, 6.07) is 8.87. The Hall–Kier alpha value is -1.84. The minimum Gasteiger partial charge on any atom is -0.350 e. The Morgan fingerprint density at radius 1 is 1.38 bits per heavy atom. The maximum absolute atomic E-state index is 10.3. The molecular weight excluding hydrogens is 166 g/mol. The van der Waals surface area contributed by atoms with E-state index in [1.54, 1.807) is 6.92 Å². The Morgan fingerprint density at radius 2 is 2.00 bits per heavy atom. The molecular formula is C9H11N3O. The van der Waals surface area contributed by atoms with Crippen molar-refractivity contribution >= 4 is 11.7 Å². The molecule has 0 unspecified atom stereocenters. The molecule has 1 aromatic rings. The largest absolute Gasteiger partial charge is 0.350 e. The van der Waals surface area contributed by atoms with E-state index in [-0.39, 0.29) is 0 Å². The Kier molecular flexibility index (Phi) is 3.03. The third-order valence-corrected chi connectivity index (χ3v) is 1.53. The first-order valence-corrected chi connectivity index (χ1v) is 3.85. The van der Waals surface area contributed by atoms with Crippen molar-refractivity contribution in [1.82, 2.24) is 5.43 Å². The number of primary amides is 1. The molecule has 1 aromatic carbocycles. The van der Waals surface area contributed by atoms with Gasteiger partial charge in [0.05, 0.1) is 5.71 Å². The smallest absolute Gasteiger partial charge is 0.332 e. The maximum atomic E-state index is 10.3. The van der Waals surface area contributed by atoms with Gasteiger partial charge in [0.1, 0.15) is 0 Å². The number of carbonyl (C=O) groups is 1. The lowest BCUT2D eigenvalue weighted by atomic mass is 10.1. The fourth-order valence-corrected chi connectivity index (χ4v) is 0.883. The monoisotopic (exact) mass is 177 g/mol. The highest BCUT2D eigenvalue weighted by Gasteiger charge is 1.95. The summed E-state index contributed by atoms with van der Waals surface area (Å²) in [6.45, 7) is 1.80. The van der Waals surface area contributed by atoms with Crippen LogP contribution in [-0.2, 0) is 0 Å². The van der Waals surface area contributed by atoms with E-state index < -0.39 is 6.03 Å². The van der Waals surface area contributed by atoms with Crippen molar-refractivity contribution in [2.45, 2.75) is 6.92 Å². The molecule has 0 fully saturated rings. The van der Waals surface area contributed by atoms with Gasteiger partial charge in [-0.3, -0.25) is 0 Å². The summed E-state index contributed by atoms with van der Waals surface area (Å²) in [6.07, 6.45) is 0. The van der Waals surface area contributed by atoms with E-state index in [0.717, 1.165) is 11.3 Å². The van der Waals surface area contributed by atoms with E-state index >= 15 is 0 Å². The third-order valence-electron chi connectivity index (χ3n) is 1.53. The van der Waals surface area contributed by atoms with E-state index in [0.29, 0.717) is 0 Å². The predicted molar refractivity (Wildman–Crippen MR) is 51.4 cm³/mol. The third kappa shape index (κ3) is 2.94. The van der Waals surface area contributed by atoms with Crippen molar-refractivity contribution < 1.29 is 4.79 Å². The van der Waals surface area contributed by atoms with Gasteiger partial charge >= 0.3 is 6.03 Å². The molecule has 4 heteroatoms. The molecule has 0 aliphatic rings. The summed E-state index contributed by atoms with van der Waals surface area (Å²) in [5.41, 5.74) is 8.71. The molecule has 0 saturated heterocycles. The van der Waals surface area contributed by atoms with Crippen LogP contribution in [0, 0.1) is 0 Å². The lowest BCUT2D eigenvalue weighted by Crippen LogP contribution is -2.25. The number of hydrogen-bond donors (Lipinski definition) is 2. The number of benzene rings is 1. The van der Waals surface area contributed by atoms with Gasteiger partial charge in [0.15, 0.2) is 0 Å². The summed E-state index contributed by atoms with van der Waals surface area (Å²) >= 11 is 0. The normalized spacial score (nSPS) is 11.0. The summed E-state index contributed by atoms with van der Waals surface area (Å²) in [7, 11) is 0. The number of urea groups is 1. The average Bonchev–Trinajstić information content (AvgIpc) is 2.15.